The fraction of sp³-hybridized carbons (Fsp3) is 0.857. The molecule has 6 nitrogen and oxygen atoms in total. The van der Waals surface area contributed by atoms with E-state index in [1.807, 2.05) is 20.8 Å². The lowest BCUT2D eigenvalue weighted by molar-refractivity contribution is -0.149. The molecule has 0 aliphatic heterocycles. The van der Waals surface area contributed by atoms with Crippen LogP contribution in [0.15, 0.2) is 0 Å². The molecule has 0 aromatic heterocycles. The first-order valence-corrected chi connectivity index (χ1v) is 7.14. The van der Waals surface area contributed by atoms with E-state index in [1.54, 1.807) is 6.92 Å². The first-order valence-electron chi connectivity index (χ1n) is 7.14. The zero-order valence-corrected chi connectivity index (χ0v) is 12.8. The third kappa shape index (κ3) is 5.36. The van der Waals surface area contributed by atoms with Gasteiger partial charge in [-0.3, -0.25) is 4.79 Å². The Morgan fingerprint density at radius 3 is 2.45 bits per heavy atom. The minimum absolute atomic E-state index is 0.157. The summed E-state index contributed by atoms with van der Waals surface area (Å²) in [6.07, 6.45) is 1.39. The quantitative estimate of drug-likeness (QED) is 0.768. The van der Waals surface area contributed by atoms with Crippen molar-refractivity contribution in [2.75, 3.05) is 6.61 Å². The van der Waals surface area contributed by atoms with Gasteiger partial charge in [-0.05, 0) is 47.0 Å². The molecule has 0 bridgehead atoms. The van der Waals surface area contributed by atoms with Crippen LogP contribution in [0, 0.1) is 5.92 Å². The highest BCUT2D eigenvalue weighted by Gasteiger charge is 2.34. The van der Waals surface area contributed by atoms with E-state index in [2.05, 4.69) is 5.32 Å². The Balaban J connectivity index is 2.45. The molecule has 3 atom stereocenters. The lowest BCUT2D eigenvalue weighted by Crippen LogP contribution is -2.52. The van der Waals surface area contributed by atoms with Gasteiger partial charge in [0.05, 0.1) is 12.5 Å². The normalized spacial score (nSPS) is 26.8. The molecule has 20 heavy (non-hydrogen) atoms. The zero-order valence-electron chi connectivity index (χ0n) is 12.8. The summed E-state index contributed by atoms with van der Waals surface area (Å²) in [4.78, 5) is 23.4. The number of nitrogens with one attached hydrogen (secondary N) is 1. The number of alkyl carbamates (subject to hydrolysis) is 1. The van der Waals surface area contributed by atoms with Crippen molar-refractivity contribution >= 4 is 12.1 Å². The largest absolute Gasteiger partial charge is 0.466 e. The highest BCUT2D eigenvalue weighted by Crippen LogP contribution is 2.25. The van der Waals surface area contributed by atoms with E-state index in [9.17, 15) is 9.59 Å². The molecular formula is C14H26N2O4. The summed E-state index contributed by atoms with van der Waals surface area (Å²) in [6.45, 7) is 7.59. The van der Waals surface area contributed by atoms with Crippen LogP contribution in [0.4, 0.5) is 4.79 Å². The minimum atomic E-state index is -0.531. The second-order valence-corrected chi connectivity index (χ2v) is 6.18. The maximum Gasteiger partial charge on any atom is 0.407 e. The Hall–Kier alpha value is -1.30. The second-order valence-electron chi connectivity index (χ2n) is 6.18. The Labute approximate surface area is 120 Å². The number of hydrogen-bond donors (Lipinski definition) is 2. The van der Waals surface area contributed by atoms with E-state index in [0.717, 1.165) is 0 Å². The topological polar surface area (TPSA) is 90.6 Å². The number of carbonyl (C=O) groups excluding carboxylic acids is 2. The Kier molecular flexibility index (Phi) is 5.80. The molecule has 1 amide bonds. The summed E-state index contributed by atoms with van der Waals surface area (Å²) >= 11 is 0. The predicted octanol–water partition coefficient (Wildman–Crippen LogP) is 1.57. The molecule has 0 unspecified atom stereocenters. The summed E-state index contributed by atoms with van der Waals surface area (Å²) in [6, 6.07) is -0.416. The summed E-state index contributed by atoms with van der Waals surface area (Å²) in [5.41, 5.74) is 5.51. The molecule has 6 heteroatoms. The maximum absolute atomic E-state index is 11.7. The van der Waals surface area contributed by atoms with Crippen LogP contribution < -0.4 is 11.1 Å². The number of nitrogens with two attached hydrogens (primary N) is 1. The minimum Gasteiger partial charge on any atom is -0.466 e. The van der Waals surface area contributed by atoms with Gasteiger partial charge in [0.2, 0.25) is 0 Å². The molecule has 3 N–H and O–H groups in total. The Bertz CT molecular complexity index is 352. The van der Waals surface area contributed by atoms with Crippen molar-refractivity contribution in [3.63, 3.8) is 0 Å². The molecule has 1 aliphatic rings. The van der Waals surface area contributed by atoms with Gasteiger partial charge in [0.15, 0.2) is 0 Å². The molecule has 0 aromatic rings. The van der Waals surface area contributed by atoms with Crippen LogP contribution in [0.1, 0.15) is 47.0 Å². The fourth-order valence-electron chi connectivity index (χ4n) is 2.32. The smallest absolute Gasteiger partial charge is 0.407 e. The van der Waals surface area contributed by atoms with Crippen molar-refractivity contribution in [3.8, 4) is 0 Å². The highest BCUT2D eigenvalue weighted by atomic mass is 16.6. The third-order valence-corrected chi connectivity index (χ3v) is 3.22. The molecule has 0 saturated heterocycles. The predicted molar refractivity (Wildman–Crippen MR) is 75.1 cm³/mol. The van der Waals surface area contributed by atoms with Crippen molar-refractivity contribution in [3.05, 3.63) is 0 Å². The second kappa shape index (κ2) is 6.92. The van der Waals surface area contributed by atoms with Crippen molar-refractivity contribution in [1.82, 2.24) is 5.32 Å². The fourth-order valence-corrected chi connectivity index (χ4v) is 2.32. The van der Waals surface area contributed by atoms with Crippen LogP contribution in [0.2, 0.25) is 0 Å². The lowest BCUT2D eigenvalue weighted by Gasteiger charge is -2.33. The van der Waals surface area contributed by atoms with Gasteiger partial charge in [0.25, 0.3) is 0 Å². The molecule has 1 fully saturated rings. The van der Waals surface area contributed by atoms with E-state index in [-0.39, 0.29) is 24.0 Å². The number of ether oxygens (including phenoxy) is 2. The molecule has 116 valence electrons. The zero-order chi connectivity index (χ0) is 15.3. The number of amides is 1. The van der Waals surface area contributed by atoms with E-state index in [0.29, 0.717) is 25.9 Å². The standard InChI is InChI=1S/C14H26N2O4/c1-5-19-12(17)9-6-7-11(10(15)8-9)16-13(18)20-14(2,3)4/h9-11H,5-8,15H2,1-4H3,(H,16,18)/t9-,10-,11-/m1/s1. The highest BCUT2D eigenvalue weighted by molar-refractivity contribution is 5.73. The average Bonchev–Trinajstić information content (AvgIpc) is 2.29. The van der Waals surface area contributed by atoms with Crippen LogP contribution in [0.5, 0.6) is 0 Å². The number of esters is 1. The summed E-state index contributed by atoms with van der Waals surface area (Å²) in [7, 11) is 0. The Morgan fingerprint density at radius 2 is 1.95 bits per heavy atom. The molecule has 0 radical (unpaired) electrons. The molecule has 0 spiro atoms. The third-order valence-electron chi connectivity index (χ3n) is 3.22. The van der Waals surface area contributed by atoms with Crippen LogP contribution in [0.25, 0.3) is 0 Å². The number of hydrogen-bond acceptors (Lipinski definition) is 5. The molecule has 1 rings (SSSR count). The summed E-state index contributed by atoms with van der Waals surface area (Å²) < 4.78 is 10.2. The monoisotopic (exact) mass is 286 g/mol. The van der Waals surface area contributed by atoms with Gasteiger partial charge in [-0.2, -0.15) is 0 Å². The number of carbonyl (C=O) groups is 2. The van der Waals surface area contributed by atoms with Crippen molar-refractivity contribution in [2.45, 2.75) is 64.6 Å². The van der Waals surface area contributed by atoms with Gasteiger partial charge in [0, 0.05) is 12.1 Å². The number of rotatable bonds is 3. The van der Waals surface area contributed by atoms with Gasteiger partial charge >= 0.3 is 12.1 Å². The van der Waals surface area contributed by atoms with Crippen LogP contribution in [-0.2, 0) is 14.3 Å². The lowest BCUT2D eigenvalue weighted by atomic mass is 9.83. The van der Waals surface area contributed by atoms with E-state index in [4.69, 9.17) is 15.2 Å². The summed E-state index contributed by atoms with van der Waals surface area (Å²) in [5, 5.41) is 2.78. The van der Waals surface area contributed by atoms with Crippen LogP contribution in [0.3, 0.4) is 0 Å². The van der Waals surface area contributed by atoms with Crippen LogP contribution in [-0.4, -0.2) is 36.4 Å². The van der Waals surface area contributed by atoms with E-state index in [1.165, 1.54) is 0 Å². The SMILES string of the molecule is CCOC(=O)[C@@H]1CC[C@@H](NC(=O)OC(C)(C)C)[C@H](N)C1. The van der Waals surface area contributed by atoms with Crippen molar-refractivity contribution < 1.29 is 19.1 Å². The molecular weight excluding hydrogens is 260 g/mol. The average molecular weight is 286 g/mol. The van der Waals surface area contributed by atoms with Gasteiger partial charge in [-0.1, -0.05) is 0 Å². The first kappa shape index (κ1) is 16.8. The molecule has 1 saturated carbocycles. The van der Waals surface area contributed by atoms with Gasteiger partial charge in [0.1, 0.15) is 5.60 Å². The van der Waals surface area contributed by atoms with E-state index < -0.39 is 11.7 Å². The maximum atomic E-state index is 11.7. The molecule has 0 aromatic carbocycles. The van der Waals surface area contributed by atoms with E-state index >= 15 is 0 Å². The van der Waals surface area contributed by atoms with Crippen LogP contribution >= 0.6 is 0 Å². The first-order chi connectivity index (χ1) is 9.23. The van der Waals surface area contributed by atoms with Gasteiger partial charge < -0.3 is 20.5 Å². The Morgan fingerprint density at radius 1 is 1.30 bits per heavy atom. The molecule has 0 heterocycles. The molecule has 1 aliphatic carbocycles. The summed E-state index contributed by atoms with van der Waals surface area (Å²) in [5.74, 6) is -0.361. The van der Waals surface area contributed by atoms with Gasteiger partial charge in [-0.15, -0.1) is 0 Å². The van der Waals surface area contributed by atoms with Crippen molar-refractivity contribution in [1.29, 1.82) is 0 Å². The van der Waals surface area contributed by atoms with Gasteiger partial charge in [-0.25, -0.2) is 4.79 Å². The van der Waals surface area contributed by atoms with Crippen molar-refractivity contribution in [2.24, 2.45) is 11.7 Å².